The van der Waals surface area contributed by atoms with Gasteiger partial charge in [-0.15, -0.1) is 21.5 Å². The van der Waals surface area contributed by atoms with Crippen LogP contribution in [0.4, 0.5) is 0 Å². The maximum atomic E-state index is 11.9. The quantitative estimate of drug-likeness (QED) is 0.643. The third kappa shape index (κ3) is 3.37. The molecule has 21 heavy (non-hydrogen) atoms. The van der Waals surface area contributed by atoms with Crippen LogP contribution in [0.2, 0.25) is 0 Å². The lowest BCUT2D eigenvalue weighted by Gasteiger charge is -2.04. The minimum Gasteiger partial charge on any atom is -0.485 e. The zero-order valence-electron chi connectivity index (χ0n) is 10.7. The molecule has 1 aromatic carbocycles. The fourth-order valence-corrected chi connectivity index (χ4v) is 2.99. The van der Waals surface area contributed by atoms with Crippen molar-refractivity contribution in [3.8, 4) is 17.2 Å². The molecule has 0 saturated heterocycles. The third-order valence-corrected chi connectivity index (χ3v) is 4.34. The largest absolute Gasteiger partial charge is 0.485 e. The summed E-state index contributed by atoms with van der Waals surface area (Å²) in [6.07, 6.45) is 1.28. The molecule has 0 aliphatic carbocycles. The number of hydrogen-bond acceptors (Lipinski definition) is 6. The molecule has 0 radical (unpaired) electrons. The van der Waals surface area contributed by atoms with Crippen LogP contribution in [-0.2, 0) is 0 Å². The lowest BCUT2D eigenvalue weighted by Crippen LogP contribution is -2.09. The molecule has 5 nitrogen and oxygen atoms in total. The van der Waals surface area contributed by atoms with E-state index in [1.165, 1.54) is 17.7 Å². The highest BCUT2D eigenvalue weighted by molar-refractivity contribution is 9.11. The first-order valence-corrected chi connectivity index (χ1v) is 7.61. The molecule has 7 heteroatoms. The number of halogens is 1. The van der Waals surface area contributed by atoms with Crippen LogP contribution in [0, 0.1) is 0 Å². The summed E-state index contributed by atoms with van der Waals surface area (Å²) in [5.74, 6) is 1.01. The van der Waals surface area contributed by atoms with Crippen molar-refractivity contribution < 1.29 is 13.9 Å². The molecule has 3 rings (SSSR count). The average molecular weight is 365 g/mol. The molecular weight excluding hydrogens is 356 g/mol. The predicted octanol–water partition coefficient (Wildman–Crippen LogP) is 3.82. The van der Waals surface area contributed by atoms with Crippen LogP contribution in [0.15, 0.2) is 51.0 Å². The van der Waals surface area contributed by atoms with Gasteiger partial charge in [0.15, 0.2) is 6.61 Å². The molecule has 106 valence electrons. The number of carbonyl (C=O) groups is 1. The van der Waals surface area contributed by atoms with Crippen molar-refractivity contribution in [2.45, 2.75) is 0 Å². The second-order valence-corrected chi connectivity index (χ2v) is 6.55. The van der Waals surface area contributed by atoms with Crippen molar-refractivity contribution in [1.82, 2.24) is 10.2 Å². The molecule has 2 aromatic heterocycles. The number of aromatic nitrogens is 2. The molecule has 0 atom stereocenters. The highest BCUT2D eigenvalue weighted by Crippen LogP contribution is 2.23. The molecule has 0 aliphatic rings. The summed E-state index contributed by atoms with van der Waals surface area (Å²) in [5.41, 5.74) is 0.799. The van der Waals surface area contributed by atoms with Crippen molar-refractivity contribution >= 4 is 33.0 Å². The summed E-state index contributed by atoms with van der Waals surface area (Å²) in [6.45, 7) is 0.00680. The van der Waals surface area contributed by atoms with Gasteiger partial charge in [-0.3, -0.25) is 4.79 Å². The van der Waals surface area contributed by atoms with Gasteiger partial charge in [-0.25, -0.2) is 0 Å². The Morgan fingerprint density at radius 2 is 2.05 bits per heavy atom. The Bertz CT molecular complexity index is 738. The first kappa shape index (κ1) is 14.0. The first-order chi connectivity index (χ1) is 10.2. The number of ether oxygens (including phenoxy) is 1. The average Bonchev–Trinajstić information content (AvgIpc) is 3.16. The van der Waals surface area contributed by atoms with E-state index in [0.717, 1.165) is 9.35 Å². The molecule has 0 unspecified atom stereocenters. The predicted molar refractivity (Wildman–Crippen MR) is 81.6 cm³/mol. The van der Waals surface area contributed by atoms with E-state index in [4.69, 9.17) is 9.15 Å². The highest BCUT2D eigenvalue weighted by atomic mass is 79.9. The number of carbonyl (C=O) groups excluding carboxylic acids is 1. The van der Waals surface area contributed by atoms with E-state index >= 15 is 0 Å². The van der Waals surface area contributed by atoms with Crippen LogP contribution < -0.4 is 4.74 Å². The number of thiophene rings is 1. The van der Waals surface area contributed by atoms with Gasteiger partial charge in [-0.05, 0) is 52.3 Å². The van der Waals surface area contributed by atoms with E-state index in [9.17, 15) is 4.79 Å². The summed E-state index contributed by atoms with van der Waals surface area (Å²) >= 11 is 4.72. The Morgan fingerprint density at radius 1 is 1.24 bits per heavy atom. The summed E-state index contributed by atoms with van der Waals surface area (Å²) < 4.78 is 11.5. The van der Waals surface area contributed by atoms with Gasteiger partial charge in [0.1, 0.15) is 5.75 Å². The lowest BCUT2D eigenvalue weighted by molar-refractivity contribution is 0.0925. The molecule has 0 fully saturated rings. The number of nitrogens with zero attached hydrogens (tertiary/aromatic N) is 2. The number of benzene rings is 1. The maximum absolute atomic E-state index is 11.9. The van der Waals surface area contributed by atoms with Crippen LogP contribution in [0.25, 0.3) is 11.5 Å². The van der Waals surface area contributed by atoms with E-state index in [1.54, 1.807) is 30.3 Å². The fraction of sp³-hybridized carbons (Fsp3) is 0.0714. The van der Waals surface area contributed by atoms with Crippen molar-refractivity contribution in [3.05, 3.63) is 51.5 Å². The lowest BCUT2D eigenvalue weighted by atomic mass is 10.2. The van der Waals surface area contributed by atoms with E-state index in [0.29, 0.717) is 16.5 Å². The Labute approximate surface area is 132 Å². The minimum absolute atomic E-state index is 0.00680. The monoisotopic (exact) mass is 364 g/mol. The van der Waals surface area contributed by atoms with Gasteiger partial charge < -0.3 is 9.15 Å². The SMILES string of the molecule is O=C(COc1ccc(-c2nnco2)cc1)c1ccc(Br)s1. The van der Waals surface area contributed by atoms with Gasteiger partial charge in [-0.2, -0.15) is 0 Å². The summed E-state index contributed by atoms with van der Waals surface area (Å²) in [5, 5.41) is 7.44. The zero-order chi connectivity index (χ0) is 14.7. The van der Waals surface area contributed by atoms with Gasteiger partial charge in [0.05, 0.1) is 8.66 Å². The number of Topliss-reactive ketones (excluding diaryl/α,β-unsaturated/α-hetero) is 1. The first-order valence-electron chi connectivity index (χ1n) is 6.00. The summed E-state index contributed by atoms with van der Waals surface area (Å²) in [4.78, 5) is 12.6. The third-order valence-electron chi connectivity index (χ3n) is 2.68. The normalized spacial score (nSPS) is 10.5. The van der Waals surface area contributed by atoms with Crippen molar-refractivity contribution in [1.29, 1.82) is 0 Å². The highest BCUT2D eigenvalue weighted by Gasteiger charge is 2.10. The molecule has 0 amide bonds. The Kier molecular flexibility index (Phi) is 4.12. The van der Waals surface area contributed by atoms with E-state index in [1.807, 2.05) is 6.07 Å². The Balaban J connectivity index is 1.62. The van der Waals surface area contributed by atoms with Gasteiger partial charge >= 0.3 is 0 Å². The Hall–Kier alpha value is -1.99. The number of hydrogen-bond donors (Lipinski definition) is 0. The number of rotatable bonds is 5. The number of ketones is 1. The summed E-state index contributed by atoms with van der Waals surface area (Å²) in [7, 11) is 0. The zero-order valence-corrected chi connectivity index (χ0v) is 13.1. The minimum atomic E-state index is -0.0494. The summed E-state index contributed by atoms with van der Waals surface area (Å²) in [6, 6.07) is 10.7. The van der Waals surface area contributed by atoms with Crippen LogP contribution in [0.3, 0.4) is 0 Å². The molecule has 0 aliphatic heterocycles. The fourth-order valence-electron chi connectivity index (χ4n) is 1.68. The van der Waals surface area contributed by atoms with Gasteiger partial charge in [0.25, 0.3) is 0 Å². The second-order valence-electron chi connectivity index (χ2n) is 4.08. The molecule has 0 N–H and O–H groups in total. The van der Waals surface area contributed by atoms with Crippen molar-refractivity contribution in [3.63, 3.8) is 0 Å². The second kappa shape index (κ2) is 6.19. The molecule has 0 bridgehead atoms. The maximum Gasteiger partial charge on any atom is 0.247 e. The topological polar surface area (TPSA) is 65.2 Å². The van der Waals surface area contributed by atoms with E-state index in [2.05, 4.69) is 26.1 Å². The molecule has 0 saturated carbocycles. The van der Waals surface area contributed by atoms with Gasteiger partial charge in [0, 0.05) is 5.56 Å². The van der Waals surface area contributed by atoms with Crippen molar-refractivity contribution in [2.75, 3.05) is 6.61 Å². The van der Waals surface area contributed by atoms with E-state index in [-0.39, 0.29) is 12.4 Å². The van der Waals surface area contributed by atoms with Crippen LogP contribution in [0.1, 0.15) is 9.67 Å². The van der Waals surface area contributed by atoms with Gasteiger partial charge in [-0.1, -0.05) is 0 Å². The standard InChI is InChI=1S/C14H9BrN2O3S/c15-13-6-5-12(21-13)11(18)7-19-10-3-1-9(2-4-10)14-17-16-8-20-14/h1-6,8H,7H2. The molecule has 3 aromatic rings. The van der Waals surface area contributed by atoms with Crippen LogP contribution in [-0.4, -0.2) is 22.6 Å². The molecular formula is C14H9BrN2O3S. The molecule has 0 spiro atoms. The van der Waals surface area contributed by atoms with E-state index < -0.39 is 0 Å². The van der Waals surface area contributed by atoms with Gasteiger partial charge in [0.2, 0.25) is 18.1 Å². The van der Waals surface area contributed by atoms with Crippen LogP contribution >= 0.6 is 27.3 Å². The molecule has 2 heterocycles. The van der Waals surface area contributed by atoms with Crippen LogP contribution in [0.5, 0.6) is 5.75 Å². The van der Waals surface area contributed by atoms with Crippen molar-refractivity contribution in [2.24, 2.45) is 0 Å². The Morgan fingerprint density at radius 3 is 2.67 bits per heavy atom. The smallest absolute Gasteiger partial charge is 0.247 e.